The Hall–Kier alpha value is -1.86. The Morgan fingerprint density at radius 1 is 1.27 bits per heavy atom. The van der Waals surface area contributed by atoms with Gasteiger partial charge in [0.25, 0.3) is 0 Å². The summed E-state index contributed by atoms with van der Waals surface area (Å²) in [4.78, 5) is 0.154. The van der Waals surface area contributed by atoms with Crippen LogP contribution in [0.4, 0.5) is 4.39 Å². The molecule has 0 aliphatic carbocycles. The van der Waals surface area contributed by atoms with Crippen molar-refractivity contribution in [1.29, 1.82) is 0 Å². The Kier molecular flexibility index (Phi) is 4.17. The summed E-state index contributed by atoms with van der Waals surface area (Å²) < 4.78 is 49.8. The van der Waals surface area contributed by atoms with Gasteiger partial charge in [0.05, 0.1) is 12.3 Å². The second-order valence-electron chi connectivity index (χ2n) is 5.14. The lowest BCUT2D eigenvalue weighted by Crippen LogP contribution is -2.38. The number of hydrogen-bond acceptors (Lipinski definition) is 4. The first kappa shape index (κ1) is 15.1. The number of benzene rings is 1. The van der Waals surface area contributed by atoms with Gasteiger partial charge in [-0.05, 0) is 43.2 Å². The summed E-state index contributed by atoms with van der Waals surface area (Å²) in [7, 11) is -3.56. The van der Waals surface area contributed by atoms with Gasteiger partial charge < -0.3 is 9.15 Å². The van der Waals surface area contributed by atoms with E-state index < -0.39 is 10.0 Å². The van der Waals surface area contributed by atoms with Crippen LogP contribution in [0.5, 0.6) is 5.75 Å². The van der Waals surface area contributed by atoms with Gasteiger partial charge in [-0.1, -0.05) is 0 Å². The predicted molar refractivity (Wildman–Crippen MR) is 77.5 cm³/mol. The highest BCUT2D eigenvalue weighted by Gasteiger charge is 2.36. The van der Waals surface area contributed by atoms with Crippen molar-refractivity contribution in [2.45, 2.75) is 23.8 Å². The molecule has 1 fully saturated rings. The molecule has 0 spiro atoms. The second kappa shape index (κ2) is 6.10. The number of furan rings is 1. The van der Waals surface area contributed by atoms with E-state index in [4.69, 9.17) is 9.15 Å². The number of hydrogen-bond donors (Lipinski definition) is 0. The van der Waals surface area contributed by atoms with E-state index in [-0.39, 0.29) is 23.4 Å². The van der Waals surface area contributed by atoms with E-state index in [1.807, 2.05) is 0 Å². The van der Waals surface area contributed by atoms with Crippen molar-refractivity contribution >= 4 is 10.0 Å². The summed E-state index contributed by atoms with van der Waals surface area (Å²) in [6.45, 7) is 0.702. The third kappa shape index (κ3) is 3.00. The van der Waals surface area contributed by atoms with Crippen LogP contribution in [0.3, 0.4) is 0 Å². The number of halogens is 1. The Bertz CT molecular complexity index is 713. The first-order valence-electron chi connectivity index (χ1n) is 7.00. The molecule has 3 rings (SSSR count). The van der Waals surface area contributed by atoms with Crippen molar-refractivity contribution in [1.82, 2.24) is 4.31 Å². The smallest absolute Gasteiger partial charge is 0.246 e. The quantitative estimate of drug-likeness (QED) is 0.848. The maximum absolute atomic E-state index is 12.9. The molecular weight excluding hydrogens is 309 g/mol. The molecule has 0 radical (unpaired) electrons. The Labute approximate surface area is 128 Å². The molecule has 0 saturated carbocycles. The molecule has 2 aromatic rings. The highest BCUT2D eigenvalue weighted by atomic mass is 32.2. The molecule has 0 N–H and O–H groups in total. The third-order valence-electron chi connectivity index (χ3n) is 3.68. The van der Waals surface area contributed by atoms with Gasteiger partial charge in [-0.15, -0.1) is 0 Å². The molecule has 1 atom stereocenters. The van der Waals surface area contributed by atoms with Crippen molar-refractivity contribution < 1.29 is 22.0 Å². The molecule has 1 aliphatic heterocycles. The molecule has 1 aromatic carbocycles. The molecule has 22 heavy (non-hydrogen) atoms. The van der Waals surface area contributed by atoms with Gasteiger partial charge in [-0.3, -0.25) is 0 Å². The van der Waals surface area contributed by atoms with Crippen molar-refractivity contribution in [2.24, 2.45) is 0 Å². The molecule has 7 heteroatoms. The molecule has 0 unspecified atom stereocenters. The van der Waals surface area contributed by atoms with Crippen LogP contribution in [0, 0.1) is 5.82 Å². The number of nitrogens with zero attached hydrogens (tertiary/aromatic N) is 1. The standard InChI is InChI=1S/C15H16FNO4S/c16-12-3-5-14(6-4-12)21-10-13-2-1-8-17(13)22(18,19)15-7-9-20-11-15/h3-7,9,11,13H,1-2,8,10H2/t13-/m0/s1. The zero-order valence-corrected chi connectivity index (χ0v) is 12.6. The maximum atomic E-state index is 12.9. The highest BCUT2D eigenvalue weighted by Crippen LogP contribution is 2.27. The fourth-order valence-corrected chi connectivity index (χ4v) is 4.15. The van der Waals surface area contributed by atoms with Crippen LogP contribution in [0.1, 0.15) is 12.8 Å². The summed E-state index contributed by atoms with van der Waals surface area (Å²) in [5.74, 6) is 0.186. The zero-order valence-electron chi connectivity index (χ0n) is 11.8. The van der Waals surface area contributed by atoms with Gasteiger partial charge in [0, 0.05) is 6.54 Å². The first-order chi connectivity index (χ1) is 10.6. The van der Waals surface area contributed by atoms with Gasteiger partial charge >= 0.3 is 0 Å². The van der Waals surface area contributed by atoms with Crippen molar-refractivity contribution in [2.75, 3.05) is 13.2 Å². The van der Waals surface area contributed by atoms with Crippen LogP contribution in [0.2, 0.25) is 0 Å². The predicted octanol–water partition coefficient (Wildman–Crippen LogP) is 2.65. The molecule has 2 heterocycles. The number of sulfonamides is 1. The number of rotatable bonds is 5. The minimum Gasteiger partial charge on any atom is -0.492 e. The average molecular weight is 325 g/mol. The molecular formula is C15H16FNO4S. The maximum Gasteiger partial charge on any atom is 0.246 e. The van der Waals surface area contributed by atoms with E-state index in [0.29, 0.717) is 12.3 Å². The summed E-state index contributed by atoms with van der Waals surface area (Å²) in [6, 6.07) is 6.88. The van der Waals surface area contributed by atoms with E-state index in [2.05, 4.69) is 0 Å². The van der Waals surface area contributed by atoms with Gasteiger partial charge in [0.2, 0.25) is 10.0 Å². The fraction of sp³-hybridized carbons (Fsp3) is 0.333. The van der Waals surface area contributed by atoms with Crippen LogP contribution < -0.4 is 4.74 Å². The van der Waals surface area contributed by atoms with Gasteiger partial charge in [0.15, 0.2) is 0 Å². The molecule has 5 nitrogen and oxygen atoms in total. The normalized spacial score (nSPS) is 19.4. The van der Waals surface area contributed by atoms with E-state index >= 15 is 0 Å². The van der Waals surface area contributed by atoms with E-state index in [1.165, 1.54) is 47.2 Å². The fourth-order valence-electron chi connectivity index (χ4n) is 2.55. The summed E-state index contributed by atoms with van der Waals surface area (Å²) in [5.41, 5.74) is 0. The highest BCUT2D eigenvalue weighted by molar-refractivity contribution is 7.89. The largest absolute Gasteiger partial charge is 0.492 e. The molecule has 1 saturated heterocycles. The van der Waals surface area contributed by atoms with Crippen molar-refractivity contribution in [3.05, 3.63) is 48.7 Å². The van der Waals surface area contributed by atoms with Gasteiger partial charge in [-0.25, -0.2) is 12.8 Å². The first-order valence-corrected chi connectivity index (χ1v) is 8.44. The monoisotopic (exact) mass is 325 g/mol. The topological polar surface area (TPSA) is 59.8 Å². The van der Waals surface area contributed by atoms with Gasteiger partial charge in [0.1, 0.15) is 29.3 Å². The zero-order chi connectivity index (χ0) is 15.6. The number of ether oxygens (including phenoxy) is 1. The molecule has 0 bridgehead atoms. The lowest BCUT2D eigenvalue weighted by molar-refractivity contribution is 0.232. The lowest BCUT2D eigenvalue weighted by Gasteiger charge is -2.23. The van der Waals surface area contributed by atoms with Crippen molar-refractivity contribution in [3.63, 3.8) is 0 Å². The van der Waals surface area contributed by atoms with Crippen molar-refractivity contribution in [3.8, 4) is 5.75 Å². The minimum absolute atomic E-state index is 0.154. The molecule has 0 amide bonds. The van der Waals surface area contributed by atoms with Crippen LogP contribution in [0.15, 0.2) is 52.2 Å². The summed E-state index contributed by atoms with van der Waals surface area (Å²) in [6.07, 6.45) is 4.09. The second-order valence-corrected chi connectivity index (χ2v) is 7.03. The van der Waals surface area contributed by atoms with Crippen LogP contribution in [0.25, 0.3) is 0 Å². The third-order valence-corrected chi connectivity index (χ3v) is 5.61. The summed E-state index contributed by atoms with van der Waals surface area (Å²) >= 11 is 0. The molecule has 118 valence electrons. The SMILES string of the molecule is O=S(=O)(c1ccoc1)N1CCC[C@H]1COc1ccc(F)cc1. The average Bonchev–Trinajstić information content (AvgIpc) is 3.18. The van der Waals surface area contributed by atoms with E-state index in [1.54, 1.807) is 0 Å². The Morgan fingerprint density at radius 2 is 2.05 bits per heavy atom. The van der Waals surface area contributed by atoms with Crippen LogP contribution in [-0.4, -0.2) is 31.9 Å². The minimum atomic E-state index is -3.56. The van der Waals surface area contributed by atoms with Crippen LogP contribution >= 0.6 is 0 Å². The van der Waals surface area contributed by atoms with Crippen LogP contribution in [-0.2, 0) is 10.0 Å². The van der Waals surface area contributed by atoms with Gasteiger partial charge in [-0.2, -0.15) is 4.31 Å². The molecule has 1 aromatic heterocycles. The lowest BCUT2D eigenvalue weighted by atomic mass is 10.2. The summed E-state index contributed by atoms with van der Waals surface area (Å²) in [5, 5.41) is 0. The Balaban J connectivity index is 1.70. The molecule has 1 aliphatic rings. The van der Waals surface area contributed by atoms with E-state index in [0.717, 1.165) is 12.8 Å². The van der Waals surface area contributed by atoms with E-state index in [9.17, 15) is 12.8 Å². The Morgan fingerprint density at radius 3 is 2.73 bits per heavy atom.